The van der Waals surface area contributed by atoms with Crippen molar-refractivity contribution in [3.8, 4) is 0 Å². The van der Waals surface area contributed by atoms with E-state index in [0.29, 0.717) is 6.04 Å². The molecule has 52 valence electrons. The number of nitroso groups, excluding NO2 is 1. The minimum absolute atomic E-state index is 0.0600. The van der Waals surface area contributed by atoms with E-state index in [1.165, 1.54) is 0 Å². The zero-order chi connectivity index (χ0) is 6.69. The predicted molar refractivity (Wildman–Crippen MR) is 36.0 cm³/mol. The van der Waals surface area contributed by atoms with Crippen molar-refractivity contribution in [2.75, 3.05) is 0 Å². The first-order chi connectivity index (χ1) is 4.33. The largest absolute Gasteiger partial charge is 0.328 e. The Kier molecular flexibility index (Phi) is 2.16. The molecule has 9 heavy (non-hydrogen) atoms. The predicted octanol–water partition coefficient (Wildman–Crippen LogP) is 1.02. The molecule has 1 rings (SSSR count). The van der Waals surface area contributed by atoms with E-state index in [1.54, 1.807) is 0 Å². The summed E-state index contributed by atoms with van der Waals surface area (Å²) in [7, 11) is 0. The van der Waals surface area contributed by atoms with Crippen LogP contribution >= 0.6 is 0 Å². The number of hydrogen-bond donors (Lipinski definition) is 1. The molecule has 0 radical (unpaired) electrons. The lowest BCUT2D eigenvalue weighted by molar-refractivity contribution is 0.394. The Bertz CT molecular complexity index is 97.2. The topological polar surface area (TPSA) is 55.4 Å². The molecule has 1 fully saturated rings. The molecule has 0 saturated heterocycles. The van der Waals surface area contributed by atoms with E-state index in [9.17, 15) is 4.91 Å². The van der Waals surface area contributed by atoms with Crippen molar-refractivity contribution in [3.63, 3.8) is 0 Å². The van der Waals surface area contributed by atoms with Crippen LogP contribution in [0.25, 0.3) is 0 Å². The molecule has 0 aromatic carbocycles. The van der Waals surface area contributed by atoms with Crippen LogP contribution in [0.1, 0.15) is 25.7 Å². The van der Waals surface area contributed by atoms with Gasteiger partial charge < -0.3 is 5.73 Å². The molecule has 1 saturated carbocycles. The first-order valence-corrected chi connectivity index (χ1v) is 3.41. The lowest BCUT2D eigenvalue weighted by Gasteiger charge is -2.20. The smallest absolute Gasteiger partial charge is 0.0920 e. The van der Waals surface area contributed by atoms with E-state index in [2.05, 4.69) is 5.18 Å². The highest BCUT2D eigenvalue weighted by Gasteiger charge is 2.17. The molecular formula is C6H12N2O. The second kappa shape index (κ2) is 2.92. The molecule has 3 heteroatoms. The van der Waals surface area contributed by atoms with E-state index >= 15 is 0 Å². The van der Waals surface area contributed by atoms with E-state index in [0.717, 1.165) is 25.7 Å². The average Bonchev–Trinajstić information content (AvgIpc) is 1.90. The Labute approximate surface area is 54.6 Å². The van der Waals surface area contributed by atoms with Gasteiger partial charge in [-0.1, -0.05) is 5.18 Å². The summed E-state index contributed by atoms with van der Waals surface area (Å²) in [5.74, 6) is 0. The van der Waals surface area contributed by atoms with E-state index in [4.69, 9.17) is 5.73 Å². The Balaban J connectivity index is 2.26. The molecule has 0 heterocycles. The van der Waals surface area contributed by atoms with Gasteiger partial charge >= 0.3 is 0 Å². The minimum Gasteiger partial charge on any atom is -0.328 e. The van der Waals surface area contributed by atoms with E-state index in [1.807, 2.05) is 0 Å². The lowest BCUT2D eigenvalue weighted by atomic mass is 9.92. The molecule has 0 aliphatic heterocycles. The van der Waals surface area contributed by atoms with Crippen LogP contribution < -0.4 is 5.73 Å². The van der Waals surface area contributed by atoms with Crippen LogP contribution in [0.3, 0.4) is 0 Å². The zero-order valence-electron chi connectivity index (χ0n) is 5.42. The Morgan fingerprint density at radius 2 is 1.78 bits per heavy atom. The molecule has 0 bridgehead atoms. The van der Waals surface area contributed by atoms with Crippen molar-refractivity contribution in [2.24, 2.45) is 10.9 Å². The van der Waals surface area contributed by atoms with Gasteiger partial charge in [0.15, 0.2) is 0 Å². The maximum absolute atomic E-state index is 9.98. The molecule has 1 aliphatic carbocycles. The van der Waals surface area contributed by atoms with Gasteiger partial charge in [-0.3, -0.25) is 0 Å². The van der Waals surface area contributed by atoms with Crippen LogP contribution in [0.4, 0.5) is 0 Å². The summed E-state index contributed by atoms with van der Waals surface area (Å²) in [4.78, 5) is 9.98. The monoisotopic (exact) mass is 128 g/mol. The van der Waals surface area contributed by atoms with Crippen LogP contribution in [0.2, 0.25) is 0 Å². The SMILES string of the molecule is N[C@H]1CC[C@@H](N=O)CC1. The molecule has 2 N–H and O–H groups in total. The van der Waals surface area contributed by atoms with Crippen molar-refractivity contribution in [1.82, 2.24) is 0 Å². The highest BCUT2D eigenvalue weighted by Crippen LogP contribution is 2.18. The molecule has 0 atom stereocenters. The standard InChI is InChI=1S/C6H12N2O/c7-5-1-3-6(8-9)4-2-5/h5-6H,1-4,7H2/t5-,6+. The zero-order valence-corrected chi connectivity index (χ0v) is 5.42. The van der Waals surface area contributed by atoms with Crippen molar-refractivity contribution in [1.29, 1.82) is 0 Å². The Morgan fingerprint density at radius 1 is 1.22 bits per heavy atom. The fourth-order valence-corrected chi connectivity index (χ4v) is 1.21. The third-order valence-electron chi connectivity index (χ3n) is 1.89. The van der Waals surface area contributed by atoms with Gasteiger partial charge in [-0.2, -0.15) is 4.91 Å². The first-order valence-electron chi connectivity index (χ1n) is 3.41. The summed E-state index contributed by atoms with van der Waals surface area (Å²) >= 11 is 0. The van der Waals surface area contributed by atoms with Gasteiger partial charge in [-0.15, -0.1) is 0 Å². The van der Waals surface area contributed by atoms with Gasteiger partial charge in [0.25, 0.3) is 0 Å². The molecule has 0 unspecified atom stereocenters. The van der Waals surface area contributed by atoms with Crippen molar-refractivity contribution >= 4 is 0 Å². The van der Waals surface area contributed by atoms with E-state index in [-0.39, 0.29) is 6.04 Å². The van der Waals surface area contributed by atoms with Crippen LogP contribution in [0.5, 0.6) is 0 Å². The maximum Gasteiger partial charge on any atom is 0.0920 e. The van der Waals surface area contributed by atoms with Crippen LogP contribution in [0, 0.1) is 4.91 Å². The quantitative estimate of drug-likeness (QED) is 0.536. The molecule has 0 aromatic heterocycles. The van der Waals surface area contributed by atoms with Crippen molar-refractivity contribution < 1.29 is 0 Å². The number of nitrogens with zero attached hydrogens (tertiary/aromatic N) is 1. The van der Waals surface area contributed by atoms with Crippen molar-refractivity contribution in [3.05, 3.63) is 4.91 Å². The number of hydrogen-bond acceptors (Lipinski definition) is 3. The summed E-state index contributed by atoms with van der Waals surface area (Å²) in [6.45, 7) is 0. The molecule has 0 aromatic rings. The second-order valence-corrected chi connectivity index (χ2v) is 2.67. The summed E-state index contributed by atoms with van der Waals surface area (Å²) in [6.07, 6.45) is 3.72. The molecular weight excluding hydrogens is 116 g/mol. The maximum atomic E-state index is 9.98. The normalized spacial score (nSPS) is 36.1. The summed E-state index contributed by atoms with van der Waals surface area (Å²) in [5, 5.41) is 2.98. The van der Waals surface area contributed by atoms with Crippen LogP contribution in [-0.4, -0.2) is 12.1 Å². The fraction of sp³-hybridized carbons (Fsp3) is 1.00. The fourth-order valence-electron chi connectivity index (χ4n) is 1.21. The summed E-state index contributed by atoms with van der Waals surface area (Å²) in [5.41, 5.74) is 5.61. The second-order valence-electron chi connectivity index (χ2n) is 2.67. The minimum atomic E-state index is 0.0600. The van der Waals surface area contributed by atoms with Crippen molar-refractivity contribution in [2.45, 2.75) is 37.8 Å². The van der Waals surface area contributed by atoms with Gasteiger partial charge in [0, 0.05) is 6.04 Å². The lowest BCUT2D eigenvalue weighted by Crippen LogP contribution is -2.27. The van der Waals surface area contributed by atoms with Gasteiger partial charge in [0.05, 0.1) is 6.04 Å². The summed E-state index contributed by atoms with van der Waals surface area (Å²) < 4.78 is 0. The Morgan fingerprint density at radius 3 is 2.22 bits per heavy atom. The first kappa shape index (κ1) is 6.68. The van der Waals surface area contributed by atoms with Crippen LogP contribution in [0.15, 0.2) is 5.18 Å². The van der Waals surface area contributed by atoms with Gasteiger partial charge in [-0.25, -0.2) is 0 Å². The van der Waals surface area contributed by atoms with Crippen LogP contribution in [-0.2, 0) is 0 Å². The van der Waals surface area contributed by atoms with Gasteiger partial charge in [0.2, 0.25) is 0 Å². The van der Waals surface area contributed by atoms with Gasteiger partial charge in [-0.05, 0) is 25.7 Å². The number of rotatable bonds is 1. The average molecular weight is 128 g/mol. The third-order valence-corrected chi connectivity index (χ3v) is 1.89. The number of nitrogens with two attached hydrogens (primary N) is 1. The highest BCUT2D eigenvalue weighted by atomic mass is 16.3. The molecule has 3 nitrogen and oxygen atoms in total. The Hall–Kier alpha value is -0.440. The third kappa shape index (κ3) is 1.75. The molecule has 0 amide bonds. The van der Waals surface area contributed by atoms with Gasteiger partial charge in [0.1, 0.15) is 0 Å². The highest BCUT2D eigenvalue weighted by molar-refractivity contribution is 4.77. The van der Waals surface area contributed by atoms with E-state index < -0.39 is 0 Å². The summed E-state index contributed by atoms with van der Waals surface area (Å²) in [6, 6.07) is 0.382. The molecule has 1 aliphatic rings. The molecule has 0 spiro atoms.